The number of hydrogen-bond acceptors (Lipinski definition) is 7. The Morgan fingerprint density at radius 2 is 1.32 bits per heavy atom. The summed E-state index contributed by atoms with van der Waals surface area (Å²) in [4.78, 5) is 73.4. The van der Waals surface area contributed by atoms with Crippen molar-refractivity contribution in [3.05, 3.63) is 41.0 Å². The molecule has 296 valence electrons. The van der Waals surface area contributed by atoms with E-state index in [1.165, 1.54) is 37.7 Å². The minimum absolute atomic E-state index is 0.0801. The fourth-order valence-electron chi connectivity index (χ4n) is 6.80. The van der Waals surface area contributed by atoms with Crippen LogP contribution in [0.3, 0.4) is 0 Å². The highest BCUT2D eigenvalue weighted by Gasteiger charge is 2.27. The summed E-state index contributed by atoms with van der Waals surface area (Å²) in [6.45, 7) is 4.24. The lowest BCUT2D eigenvalue weighted by molar-refractivity contribution is -0.142. The van der Waals surface area contributed by atoms with Crippen LogP contribution in [-0.2, 0) is 35.2 Å². The van der Waals surface area contributed by atoms with Gasteiger partial charge in [-0.1, -0.05) is 107 Å². The Bertz CT molecular complexity index is 1370. The fourth-order valence-corrected chi connectivity index (χ4v) is 6.80. The molecular weight excluding hydrogens is 674 g/mol. The second-order valence-electron chi connectivity index (χ2n) is 14.7. The Hall–Kier alpha value is -3.86. The molecule has 0 bridgehead atoms. The molecule has 1 aliphatic rings. The SMILES string of the molecule is CCCCCCCCCC(=O)CCCCCCC[C@H](N)C(=O)N[C@H](CC1=CCc2cc(C)ccc21)C(=O)CCCC[C@@H](NC(=O)CCC(=O)O)C(=O)O. The van der Waals surface area contributed by atoms with Crippen molar-refractivity contribution in [3.63, 3.8) is 0 Å². The van der Waals surface area contributed by atoms with Crippen LogP contribution in [0.4, 0.5) is 0 Å². The summed E-state index contributed by atoms with van der Waals surface area (Å²) < 4.78 is 0. The number of carbonyl (C=O) groups is 6. The van der Waals surface area contributed by atoms with Gasteiger partial charge in [-0.15, -0.1) is 0 Å². The number of carboxylic acids is 2. The summed E-state index contributed by atoms with van der Waals surface area (Å²) in [7, 11) is 0. The van der Waals surface area contributed by atoms with Crippen molar-refractivity contribution in [3.8, 4) is 0 Å². The highest BCUT2D eigenvalue weighted by molar-refractivity contribution is 5.92. The Labute approximate surface area is 316 Å². The summed E-state index contributed by atoms with van der Waals surface area (Å²) in [6.07, 6.45) is 18.1. The van der Waals surface area contributed by atoms with E-state index < -0.39 is 42.4 Å². The highest BCUT2D eigenvalue weighted by Crippen LogP contribution is 2.32. The standard InChI is InChI=1S/C42H65N3O8/c1-3-4-5-6-7-9-12-17-33(46)18-13-10-8-11-14-19-35(43)41(51)45-37(29-32-24-23-31-28-30(2)22-25-34(31)32)38(47)21-16-15-20-36(42(52)53)44-39(48)26-27-40(49)50/h22,24-25,28,35-37H,3-21,23,26-27,29,43H2,1-2H3,(H,44,48)(H,45,51)(H,49,50)(H,52,53)/t35-,36+,37+/m0/s1. The normalized spacial score (nSPS) is 13.8. The van der Waals surface area contributed by atoms with Crippen LogP contribution >= 0.6 is 0 Å². The third-order valence-electron chi connectivity index (χ3n) is 10.0. The molecule has 0 heterocycles. The van der Waals surface area contributed by atoms with Crippen molar-refractivity contribution >= 4 is 40.9 Å². The molecule has 1 aliphatic carbocycles. The highest BCUT2D eigenvalue weighted by atomic mass is 16.4. The molecule has 0 aliphatic heterocycles. The van der Waals surface area contributed by atoms with E-state index in [0.717, 1.165) is 68.1 Å². The predicted octanol–water partition coefficient (Wildman–Crippen LogP) is 7.14. The van der Waals surface area contributed by atoms with E-state index in [9.17, 15) is 33.9 Å². The number of nitrogens with two attached hydrogens (primary N) is 1. The molecule has 0 unspecified atom stereocenters. The number of allylic oxidation sites excluding steroid dienone is 1. The molecule has 6 N–H and O–H groups in total. The monoisotopic (exact) mass is 739 g/mol. The second-order valence-corrected chi connectivity index (χ2v) is 14.7. The summed E-state index contributed by atoms with van der Waals surface area (Å²) in [5, 5.41) is 23.6. The smallest absolute Gasteiger partial charge is 0.326 e. The Kier molecular flexibility index (Phi) is 22.2. The van der Waals surface area contributed by atoms with Crippen LogP contribution in [0.25, 0.3) is 5.57 Å². The zero-order chi connectivity index (χ0) is 39.0. The molecule has 0 spiro atoms. The summed E-state index contributed by atoms with van der Waals surface area (Å²) in [5.41, 5.74) is 10.7. The maximum absolute atomic E-state index is 13.5. The van der Waals surface area contributed by atoms with Crippen LogP contribution in [0.15, 0.2) is 24.3 Å². The Balaban J connectivity index is 1.81. The first-order chi connectivity index (χ1) is 25.4. The number of Topliss-reactive ketones (excluding diaryl/α,β-unsaturated/α-hetero) is 2. The third-order valence-corrected chi connectivity index (χ3v) is 10.0. The van der Waals surface area contributed by atoms with E-state index >= 15 is 0 Å². The van der Waals surface area contributed by atoms with Crippen LogP contribution in [0, 0.1) is 6.92 Å². The minimum Gasteiger partial charge on any atom is -0.481 e. The molecule has 1 aromatic carbocycles. The molecule has 2 amide bonds. The average Bonchev–Trinajstić information content (AvgIpc) is 3.51. The van der Waals surface area contributed by atoms with Crippen LogP contribution in [0.5, 0.6) is 0 Å². The molecule has 0 fully saturated rings. The van der Waals surface area contributed by atoms with Crippen molar-refractivity contribution in [2.45, 2.75) is 180 Å². The lowest BCUT2D eigenvalue weighted by atomic mass is 9.94. The number of hydrogen-bond donors (Lipinski definition) is 5. The molecule has 53 heavy (non-hydrogen) atoms. The van der Waals surface area contributed by atoms with Crippen LogP contribution in [0.2, 0.25) is 0 Å². The zero-order valence-electron chi connectivity index (χ0n) is 32.2. The Morgan fingerprint density at radius 3 is 1.96 bits per heavy atom. The van der Waals surface area contributed by atoms with E-state index in [1.54, 1.807) is 0 Å². The lowest BCUT2D eigenvalue weighted by Gasteiger charge is -2.22. The van der Waals surface area contributed by atoms with Gasteiger partial charge >= 0.3 is 11.9 Å². The van der Waals surface area contributed by atoms with Gasteiger partial charge in [0.2, 0.25) is 11.8 Å². The molecular formula is C42H65N3O8. The molecule has 11 heteroatoms. The maximum Gasteiger partial charge on any atom is 0.326 e. The fraction of sp³-hybridized carbons (Fsp3) is 0.667. The topological polar surface area (TPSA) is 193 Å². The number of ketones is 2. The van der Waals surface area contributed by atoms with Gasteiger partial charge < -0.3 is 26.6 Å². The summed E-state index contributed by atoms with van der Waals surface area (Å²) in [6, 6.07) is 3.45. The number of aryl methyl sites for hydroxylation is 1. The van der Waals surface area contributed by atoms with Gasteiger partial charge in [0.25, 0.3) is 0 Å². The third kappa shape index (κ3) is 19.2. The van der Waals surface area contributed by atoms with E-state index in [2.05, 4.69) is 29.7 Å². The van der Waals surface area contributed by atoms with E-state index in [1.807, 2.05) is 19.1 Å². The number of amides is 2. The van der Waals surface area contributed by atoms with Gasteiger partial charge in [-0.2, -0.15) is 0 Å². The van der Waals surface area contributed by atoms with E-state index in [4.69, 9.17) is 10.8 Å². The van der Waals surface area contributed by atoms with Gasteiger partial charge in [0.05, 0.1) is 18.5 Å². The number of unbranched alkanes of at least 4 members (excludes halogenated alkanes) is 11. The van der Waals surface area contributed by atoms with Crippen molar-refractivity contribution in [2.24, 2.45) is 5.73 Å². The molecule has 11 nitrogen and oxygen atoms in total. The average molecular weight is 740 g/mol. The molecule has 0 saturated carbocycles. The number of benzene rings is 1. The number of fused-ring (bicyclic) bond motifs is 1. The quantitative estimate of drug-likeness (QED) is 0.0492. The van der Waals surface area contributed by atoms with Crippen molar-refractivity contribution in [1.82, 2.24) is 10.6 Å². The van der Waals surface area contributed by atoms with Crippen LogP contribution in [0.1, 0.15) is 165 Å². The van der Waals surface area contributed by atoms with Crippen molar-refractivity contribution < 1.29 is 39.0 Å². The lowest BCUT2D eigenvalue weighted by Crippen LogP contribution is -2.48. The number of rotatable bonds is 31. The predicted molar refractivity (Wildman–Crippen MR) is 207 cm³/mol. The first-order valence-corrected chi connectivity index (χ1v) is 20.0. The van der Waals surface area contributed by atoms with Crippen molar-refractivity contribution in [2.75, 3.05) is 0 Å². The van der Waals surface area contributed by atoms with Gasteiger partial charge in [-0.25, -0.2) is 4.79 Å². The molecule has 1 aromatic rings. The number of carbonyl (C=O) groups excluding carboxylic acids is 4. The van der Waals surface area contributed by atoms with Gasteiger partial charge in [-0.05, 0) is 62.1 Å². The molecule has 3 atom stereocenters. The molecule has 2 rings (SSSR count). The zero-order valence-corrected chi connectivity index (χ0v) is 32.2. The van der Waals surface area contributed by atoms with Gasteiger partial charge in [0.1, 0.15) is 11.8 Å². The maximum atomic E-state index is 13.5. The van der Waals surface area contributed by atoms with Crippen LogP contribution < -0.4 is 16.4 Å². The van der Waals surface area contributed by atoms with Gasteiger partial charge in [0.15, 0.2) is 5.78 Å². The van der Waals surface area contributed by atoms with E-state index in [-0.39, 0.29) is 31.0 Å². The number of nitrogens with one attached hydrogen (secondary N) is 2. The van der Waals surface area contributed by atoms with Crippen molar-refractivity contribution in [1.29, 1.82) is 0 Å². The van der Waals surface area contributed by atoms with E-state index in [0.29, 0.717) is 44.3 Å². The van der Waals surface area contributed by atoms with Gasteiger partial charge in [0, 0.05) is 32.1 Å². The number of aliphatic carboxylic acids is 2. The number of carboxylic acid groups (broad SMARTS) is 2. The van der Waals surface area contributed by atoms with Crippen LogP contribution in [-0.4, -0.2) is 63.7 Å². The first-order valence-electron chi connectivity index (χ1n) is 20.0. The Morgan fingerprint density at radius 1 is 0.717 bits per heavy atom. The largest absolute Gasteiger partial charge is 0.481 e. The molecule has 0 radical (unpaired) electrons. The molecule has 0 aromatic heterocycles. The molecule has 0 saturated heterocycles. The summed E-state index contributed by atoms with van der Waals surface area (Å²) in [5.74, 6) is -3.23. The summed E-state index contributed by atoms with van der Waals surface area (Å²) >= 11 is 0. The first kappa shape index (κ1) is 45.3. The second kappa shape index (κ2) is 26.0. The minimum atomic E-state index is -1.23. The van der Waals surface area contributed by atoms with Gasteiger partial charge in [-0.3, -0.25) is 24.0 Å².